The number of aromatic nitrogens is 1. The Hall–Kier alpha value is -2.02. The van der Waals surface area contributed by atoms with Crippen LogP contribution in [0.3, 0.4) is 0 Å². The molecule has 0 aliphatic carbocycles. The molecule has 0 N–H and O–H groups in total. The maximum Gasteiger partial charge on any atom is 0.0534 e. The van der Waals surface area contributed by atoms with Crippen LogP contribution in [0.2, 0.25) is 0 Å². The number of aryl methyl sites for hydroxylation is 1. The molecule has 0 aliphatic heterocycles. The fourth-order valence-corrected chi connectivity index (χ4v) is 3.16. The molecule has 1 nitrogen and oxygen atoms in total. The smallest absolute Gasteiger partial charge is 0.0534 e. The molecule has 1 heteroatoms. The van der Waals surface area contributed by atoms with Crippen LogP contribution in [0.25, 0.3) is 16.6 Å². The highest BCUT2D eigenvalue weighted by Gasteiger charge is 2.18. The van der Waals surface area contributed by atoms with Gasteiger partial charge in [-0.2, -0.15) is 0 Å². The number of fused-ring (bicyclic) bond motifs is 1. The zero-order valence-corrected chi connectivity index (χ0v) is 12.4. The minimum Gasteiger partial charge on any atom is -0.313 e. The second-order valence-electron chi connectivity index (χ2n) is 5.56. The average Bonchev–Trinajstić information content (AvgIpc) is 2.82. The Kier molecular flexibility index (Phi) is 3.35. The third-order valence-electron chi connectivity index (χ3n) is 3.93. The molecule has 0 bridgehead atoms. The molecule has 3 rings (SSSR count). The van der Waals surface area contributed by atoms with E-state index in [9.17, 15) is 0 Å². The van der Waals surface area contributed by atoms with Crippen molar-refractivity contribution in [1.29, 1.82) is 0 Å². The van der Waals surface area contributed by atoms with E-state index in [1.165, 1.54) is 27.8 Å². The van der Waals surface area contributed by atoms with E-state index >= 15 is 0 Å². The predicted molar refractivity (Wildman–Crippen MR) is 86.7 cm³/mol. The normalized spacial score (nSPS) is 11.4. The number of hydrogen-bond acceptors (Lipinski definition) is 0. The van der Waals surface area contributed by atoms with E-state index < -0.39 is 0 Å². The van der Waals surface area contributed by atoms with Crippen molar-refractivity contribution in [3.05, 3.63) is 65.9 Å². The molecule has 0 saturated carbocycles. The van der Waals surface area contributed by atoms with Crippen molar-refractivity contribution in [2.45, 2.75) is 33.1 Å². The first-order chi connectivity index (χ1) is 9.74. The molecule has 20 heavy (non-hydrogen) atoms. The van der Waals surface area contributed by atoms with Gasteiger partial charge in [0.25, 0.3) is 0 Å². The Morgan fingerprint density at radius 3 is 2.20 bits per heavy atom. The Morgan fingerprint density at radius 2 is 1.55 bits per heavy atom. The molecule has 1 heterocycles. The van der Waals surface area contributed by atoms with Crippen molar-refractivity contribution in [2.75, 3.05) is 0 Å². The van der Waals surface area contributed by atoms with Crippen LogP contribution >= 0.6 is 0 Å². The van der Waals surface area contributed by atoms with Gasteiger partial charge in [-0.1, -0.05) is 57.2 Å². The number of para-hydroxylation sites is 2. The van der Waals surface area contributed by atoms with Gasteiger partial charge in [-0.05, 0) is 36.1 Å². The van der Waals surface area contributed by atoms with Gasteiger partial charge in [0.05, 0.1) is 5.52 Å². The molecule has 102 valence electrons. The van der Waals surface area contributed by atoms with Crippen LogP contribution in [0.4, 0.5) is 0 Å². The van der Waals surface area contributed by atoms with Crippen molar-refractivity contribution < 1.29 is 0 Å². The summed E-state index contributed by atoms with van der Waals surface area (Å²) in [7, 11) is 0. The SMILES string of the molecule is CCc1c(C(C)C)n(-c2ccccc2)c2ccccc12. The molecular formula is C19H21N. The van der Waals surface area contributed by atoms with Gasteiger partial charge in [0.15, 0.2) is 0 Å². The van der Waals surface area contributed by atoms with Crippen LogP contribution in [-0.4, -0.2) is 4.57 Å². The first kappa shape index (κ1) is 13.0. The van der Waals surface area contributed by atoms with Gasteiger partial charge in [0.1, 0.15) is 0 Å². The number of hydrogen-bond donors (Lipinski definition) is 0. The lowest BCUT2D eigenvalue weighted by Gasteiger charge is -2.15. The second-order valence-corrected chi connectivity index (χ2v) is 5.56. The third kappa shape index (κ3) is 1.94. The number of nitrogens with zero attached hydrogens (tertiary/aromatic N) is 1. The third-order valence-corrected chi connectivity index (χ3v) is 3.93. The lowest BCUT2D eigenvalue weighted by molar-refractivity contribution is 0.779. The molecule has 0 unspecified atom stereocenters. The van der Waals surface area contributed by atoms with Gasteiger partial charge in [-0.3, -0.25) is 0 Å². The lowest BCUT2D eigenvalue weighted by atomic mass is 10.0. The molecule has 0 spiro atoms. The fraction of sp³-hybridized carbons (Fsp3) is 0.263. The van der Waals surface area contributed by atoms with Crippen LogP contribution in [0.5, 0.6) is 0 Å². The summed E-state index contributed by atoms with van der Waals surface area (Å²) in [5.41, 5.74) is 5.51. The van der Waals surface area contributed by atoms with E-state index in [-0.39, 0.29) is 0 Å². The number of benzene rings is 2. The van der Waals surface area contributed by atoms with E-state index in [4.69, 9.17) is 0 Å². The van der Waals surface area contributed by atoms with Crippen molar-refractivity contribution >= 4 is 10.9 Å². The molecule has 3 aromatic rings. The van der Waals surface area contributed by atoms with Gasteiger partial charge in [0.2, 0.25) is 0 Å². The summed E-state index contributed by atoms with van der Waals surface area (Å²) in [6.45, 7) is 6.82. The molecular weight excluding hydrogens is 242 g/mol. The van der Waals surface area contributed by atoms with E-state index in [0.717, 1.165) is 6.42 Å². The van der Waals surface area contributed by atoms with Crippen molar-refractivity contribution in [1.82, 2.24) is 4.57 Å². The fourth-order valence-electron chi connectivity index (χ4n) is 3.16. The second kappa shape index (κ2) is 5.16. The minimum atomic E-state index is 0.512. The molecule has 2 aromatic carbocycles. The molecule has 0 fully saturated rings. The molecule has 0 saturated heterocycles. The van der Waals surface area contributed by atoms with E-state index in [2.05, 4.69) is 79.9 Å². The van der Waals surface area contributed by atoms with E-state index in [1.807, 2.05) is 0 Å². The summed E-state index contributed by atoms with van der Waals surface area (Å²) in [4.78, 5) is 0. The summed E-state index contributed by atoms with van der Waals surface area (Å²) in [5, 5.41) is 1.39. The van der Waals surface area contributed by atoms with Gasteiger partial charge >= 0.3 is 0 Å². The summed E-state index contributed by atoms with van der Waals surface area (Å²) in [6.07, 6.45) is 1.08. The quantitative estimate of drug-likeness (QED) is 0.603. The monoisotopic (exact) mass is 263 g/mol. The highest BCUT2D eigenvalue weighted by molar-refractivity contribution is 5.87. The lowest BCUT2D eigenvalue weighted by Crippen LogP contribution is -2.03. The van der Waals surface area contributed by atoms with Crippen LogP contribution in [0.1, 0.15) is 37.9 Å². The Morgan fingerprint density at radius 1 is 0.900 bits per heavy atom. The maximum absolute atomic E-state index is 2.43. The van der Waals surface area contributed by atoms with Gasteiger partial charge in [0, 0.05) is 16.8 Å². The van der Waals surface area contributed by atoms with Crippen LogP contribution in [-0.2, 0) is 6.42 Å². The van der Waals surface area contributed by atoms with Crippen molar-refractivity contribution in [3.63, 3.8) is 0 Å². The molecule has 0 aliphatic rings. The zero-order chi connectivity index (χ0) is 14.1. The van der Waals surface area contributed by atoms with Crippen molar-refractivity contribution in [3.8, 4) is 5.69 Å². The molecule has 0 amide bonds. The van der Waals surface area contributed by atoms with Crippen molar-refractivity contribution in [2.24, 2.45) is 0 Å². The zero-order valence-electron chi connectivity index (χ0n) is 12.4. The maximum atomic E-state index is 2.43. The standard InChI is InChI=1S/C19H21N/c1-4-16-17-12-8-9-13-18(17)20(19(16)14(2)3)15-10-6-5-7-11-15/h5-14H,4H2,1-3H3. The summed E-state index contributed by atoms with van der Waals surface area (Å²) >= 11 is 0. The Labute approximate surface area is 120 Å². The number of rotatable bonds is 3. The average molecular weight is 263 g/mol. The summed E-state index contributed by atoms with van der Waals surface area (Å²) in [5.74, 6) is 0.512. The van der Waals surface area contributed by atoms with Gasteiger partial charge in [-0.15, -0.1) is 0 Å². The van der Waals surface area contributed by atoms with Crippen LogP contribution < -0.4 is 0 Å². The molecule has 0 radical (unpaired) electrons. The van der Waals surface area contributed by atoms with Gasteiger partial charge in [-0.25, -0.2) is 0 Å². The largest absolute Gasteiger partial charge is 0.313 e. The topological polar surface area (TPSA) is 4.93 Å². The van der Waals surface area contributed by atoms with Crippen LogP contribution in [0, 0.1) is 0 Å². The first-order valence-electron chi connectivity index (χ1n) is 7.41. The summed E-state index contributed by atoms with van der Waals surface area (Å²) < 4.78 is 2.43. The molecule has 1 aromatic heterocycles. The van der Waals surface area contributed by atoms with Crippen LogP contribution in [0.15, 0.2) is 54.6 Å². The van der Waals surface area contributed by atoms with E-state index in [1.54, 1.807) is 0 Å². The Bertz CT molecular complexity index is 720. The predicted octanol–water partition coefficient (Wildman–Crippen LogP) is 5.32. The highest BCUT2D eigenvalue weighted by Crippen LogP contribution is 2.34. The molecule has 0 atom stereocenters. The highest BCUT2D eigenvalue weighted by atomic mass is 15.0. The van der Waals surface area contributed by atoms with E-state index in [0.29, 0.717) is 5.92 Å². The Balaban J connectivity index is 2.43. The summed E-state index contributed by atoms with van der Waals surface area (Å²) in [6, 6.07) is 19.4. The van der Waals surface area contributed by atoms with Gasteiger partial charge < -0.3 is 4.57 Å². The first-order valence-corrected chi connectivity index (χ1v) is 7.41. The minimum absolute atomic E-state index is 0.512.